The van der Waals surface area contributed by atoms with Crippen LogP contribution in [-0.4, -0.2) is 31.5 Å². The minimum absolute atomic E-state index is 0.336. The standard InChI is InChI=1S/C16H22N2O2/c1-12-9-17-16(6-2-3-7-16)10-18(12)13-4-5-14-15(8-13)20-11-19-14/h4-5,8,12,17H,2-3,6-7,9-11H2,1H3. The lowest BCUT2D eigenvalue weighted by atomic mass is 9.92. The van der Waals surface area contributed by atoms with Crippen molar-refractivity contribution in [2.24, 2.45) is 0 Å². The molecule has 1 aromatic carbocycles. The van der Waals surface area contributed by atoms with E-state index in [4.69, 9.17) is 9.47 Å². The smallest absolute Gasteiger partial charge is 0.231 e. The molecule has 4 nitrogen and oxygen atoms in total. The molecule has 1 atom stereocenters. The first kappa shape index (κ1) is 12.3. The molecule has 1 spiro atoms. The topological polar surface area (TPSA) is 33.7 Å². The number of nitrogens with one attached hydrogen (secondary N) is 1. The van der Waals surface area contributed by atoms with Crippen molar-refractivity contribution in [2.75, 3.05) is 24.8 Å². The van der Waals surface area contributed by atoms with Crippen molar-refractivity contribution in [1.82, 2.24) is 5.32 Å². The van der Waals surface area contributed by atoms with Gasteiger partial charge in [0.15, 0.2) is 11.5 Å². The van der Waals surface area contributed by atoms with Crippen LogP contribution in [-0.2, 0) is 0 Å². The Hall–Kier alpha value is -1.42. The summed E-state index contributed by atoms with van der Waals surface area (Å²) >= 11 is 0. The van der Waals surface area contributed by atoms with Crippen molar-refractivity contribution in [3.05, 3.63) is 18.2 Å². The largest absolute Gasteiger partial charge is 0.454 e. The number of piperazine rings is 1. The molecular formula is C16H22N2O2. The first-order chi connectivity index (χ1) is 9.76. The van der Waals surface area contributed by atoms with Gasteiger partial charge in [-0.15, -0.1) is 0 Å². The molecule has 1 saturated heterocycles. The second-order valence-corrected chi connectivity index (χ2v) is 6.38. The molecule has 1 aromatic rings. The Kier molecular flexibility index (Phi) is 2.81. The van der Waals surface area contributed by atoms with Gasteiger partial charge in [0, 0.05) is 36.4 Å². The van der Waals surface area contributed by atoms with Crippen molar-refractivity contribution in [3.8, 4) is 11.5 Å². The van der Waals surface area contributed by atoms with Crippen LogP contribution >= 0.6 is 0 Å². The van der Waals surface area contributed by atoms with Gasteiger partial charge in [-0.05, 0) is 31.9 Å². The monoisotopic (exact) mass is 274 g/mol. The van der Waals surface area contributed by atoms with Crippen LogP contribution in [0, 0.1) is 0 Å². The lowest BCUT2D eigenvalue weighted by Crippen LogP contribution is -2.62. The summed E-state index contributed by atoms with van der Waals surface area (Å²) in [6.07, 6.45) is 5.33. The fourth-order valence-corrected chi connectivity index (χ4v) is 3.81. The van der Waals surface area contributed by atoms with Gasteiger partial charge in [0.25, 0.3) is 0 Å². The van der Waals surface area contributed by atoms with Crippen LogP contribution in [0.1, 0.15) is 32.6 Å². The Morgan fingerprint density at radius 3 is 2.85 bits per heavy atom. The molecule has 4 heteroatoms. The summed E-state index contributed by atoms with van der Waals surface area (Å²) in [4.78, 5) is 2.53. The van der Waals surface area contributed by atoms with Gasteiger partial charge in [-0.2, -0.15) is 0 Å². The number of hydrogen-bond donors (Lipinski definition) is 1. The fourth-order valence-electron chi connectivity index (χ4n) is 3.81. The quantitative estimate of drug-likeness (QED) is 0.853. The molecule has 0 aromatic heterocycles. The third-order valence-corrected chi connectivity index (χ3v) is 5.03. The minimum Gasteiger partial charge on any atom is -0.454 e. The number of benzene rings is 1. The Balaban J connectivity index is 1.62. The number of ether oxygens (including phenoxy) is 2. The van der Waals surface area contributed by atoms with Crippen LogP contribution in [0.25, 0.3) is 0 Å². The van der Waals surface area contributed by atoms with Crippen molar-refractivity contribution >= 4 is 5.69 Å². The summed E-state index contributed by atoms with van der Waals surface area (Å²) in [5.41, 5.74) is 1.60. The van der Waals surface area contributed by atoms with Gasteiger partial charge in [0.1, 0.15) is 0 Å². The van der Waals surface area contributed by atoms with Crippen molar-refractivity contribution in [1.29, 1.82) is 0 Å². The van der Waals surface area contributed by atoms with E-state index in [9.17, 15) is 0 Å². The summed E-state index contributed by atoms with van der Waals surface area (Å²) in [5, 5.41) is 3.80. The van der Waals surface area contributed by atoms with E-state index in [0.717, 1.165) is 24.6 Å². The van der Waals surface area contributed by atoms with Crippen LogP contribution < -0.4 is 19.7 Å². The van der Waals surface area contributed by atoms with E-state index in [0.29, 0.717) is 18.4 Å². The lowest BCUT2D eigenvalue weighted by Gasteiger charge is -2.46. The Morgan fingerprint density at radius 2 is 2.00 bits per heavy atom. The molecule has 0 radical (unpaired) electrons. The normalized spacial score (nSPS) is 27.2. The van der Waals surface area contributed by atoms with Gasteiger partial charge in [0.2, 0.25) is 6.79 Å². The first-order valence-electron chi connectivity index (χ1n) is 7.67. The molecule has 1 N–H and O–H groups in total. The van der Waals surface area contributed by atoms with Crippen molar-refractivity contribution < 1.29 is 9.47 Å². The highest BCUT2D eigenvalue weighted by Crippen LogP contribution is 2.39. The molecule has 1 unspecified atom stereocenters. The predicted octanol–water partition coefficient (Wildman–Crippen LogP) is 2.53. The molecule has 1 aliphatic carbocycles. The van der Waals surface area contributed by atoms with E-state index in [-0.39, 0.29) is 0 Å². The van der Waals surface area contributed by atoms with Crippen LogP contribution in [0.3, 0.4) is 0 Å². The SMILES string of the molecule is CC1CNC2(CCCC2)CN1c1ccc2c(c1)OCO2. The maximum absolute atomic E-state index is 5.52. The third kappa shape index (κ3) is 1.94. The van der Waals surface area contributed by atoms with Gasteiger partial charge >= 0.3 is 0 Å². The molecule has 108 valence electrons. The highest BCUT2D eigenvalue weighted by Gasteiger charge is 2.40. The average molecular weight is 274 g/mol. The van der Waals surface area contributed by atoms with Gasteiger partial charge in [-0.25, -0.2) is 0 Å². The first-order valence-corrected chi connectivity index (χ1v) is 7.67. The molecular weight excluding hydrogens is 252 g/mol. The molecule has 2 fully saturated rings. The van der Waals surface area contributed by atoms with Crippen LogP contribution in [0.2, 0.25) is 0 Å². The molecule has 2 heterocycles. The Morgan fingerprint density at radius 1 is 1.20 bits per heavy atom. The molecule has 4 rings (SSSR count). The summed E-state index contributed by atoms with van der Waals surface area (Å²) in [5.74, 6) is 1.75. The molecule has 0 bridgehead atoms. The molecule has 0 amide bonds. The number of nitrogens with zero attached hydrogens (tertiary/aromatic N) is 1. The zero-order chi connectivity index (χ0) is 13.6. The lowest BCUT2D eigenvalue weighted by molar-refractivity contribution is 0.174. The summed E-state index contributed by atoms with van der Waals surface area (Å²) < 4.78 is 10.9. The number of fused-ring (bicyclic) bond motifs is 1. The van der Waals surface area contributed by atoms with Gasteiger partial charge in [-0.1, -0.05) is 12.8 Å². The predicted molar refractivity (Wildman–Crippen MR) is 78.6 cm³/mol. The Bertz CT molecular complexity index is 511. The zero-order valence-electron chi connectivity index (χ0n) is 12.0. The van der Waals surface area contributed by atoms with Gasteiger partial charge in [-0.3, -0.25) is 0 Å². The highest BCUT2D eigenvalue weighted by atomic mass is 16.7. The maximum atomic E-state index is 5.52. The highest BCUT2D eigenvalue weighted by molar-refractivity contribution is 5.58. The van der Waals surface area contributed by atoms with E-state index >= 15 is 0 Å². The van der Waals surface area contributed by atoms with Crippen LogP contribution in [0.15, 0.2) is 18.2 Å². The van der Waals surface area contributed by atoms with E-state index < -0.39 is 0 Å². The second kappa shape index (κ2) is 4.55. The summed E-state index contributed by atoms with van der Waals surface area (Å²) in [6.45, 7) is 4.81. The summed E-state index contributed by atoms with van der Waals surface area (Å²) in [7, 11) is 0. The minimum atomic E-state index is 0.336. The second-order valence-electron chi connectivity index (χ2n) is 6.38. The molecule has 20 heavy (non-hydrogen) atoms. The molecule has 3 aliphatic rings. The van der Waals surface area contributed by atoms with E-state index in [1.807, 2.05) is 6.07 Å². The maximum Gasteiger partial charge on any atom is 0.231 e. The van der Waals surface area contributed by atoms with E-state index in [1.165, 1.54) is 31.4 Å². The third-order valence-electron chi connectivity index (χ3n) is 5.03. The van der Waals surface area contributed by atoms with Gasteiger partial charge < -0.3 is 19.7 Å². The Labute approximate surface area is 120 Å². The van der Waals surface area contributed by atoms with Gasteiger partial charge in [0.05, 0.1) is 0 Å². The zero-order valence-corrected chi connectivity index (χ0v) is 12.0. The van der Waals surface area contributed by atoms with Crippen LogP contribution in [0.4, 0.5) is 5.69 Å². The molecule has 1 saturated carbocycles. The molecule has 2 aliphatic heterocycles. The van der Waals surface area contributed by atoms with Crippen molar-refractivity contribution in [3.63, 3.8) is 0 Å². The number of rotatable bonds is 1. The summed E-state index contributed by atoms with van der Waals surface area (Å²) in [6, 6.07) is 6.85. The van der Waals surface area contributed by atoms with E-state index in [2.05, 4.69) is 29.3 Å². The number of anilines is 1. The number of hydrogen-bond acceptors (Lipinski definition) is 4. The fraction of sp³-hybridized carbons (Fsp3) is 0.625. The van der Waals surface area contributed by atoms with E-state index in [1.54, 1.807) is 0 Å². The van der Waals surface area contributed by atoms with Crippen molar-refractivity contribution in [2.45, 2.75) is 44.2 Å². The van der Waals surface area contributed by atoms with Crippen LogP contribution in [0.5, 0.6) is 11.5 Å². The average Bonchev–Trinajstić information content (AvgIpc) is 3.10.